The van der Waals surface area contributed by atoms with Crippen molar-refractivity contribution in [3.05, 3.63) is 0 Å². The normalized spacial score (nSPS) is 16.2. The fraction of sp³-hybridized carbons (Fsp3) is 0.909. The molecule has 0 aliphatic carbocycles. The van der Waals surface area contributed by atoms with Crippen LogP contribution >= 0.6 is 0 Å². The van der Waals surface area contributed by atoms with E-state index < -0.39 is 11.0 Å². The highest BCUT2D eigenvalue weighted by Crippen LogP contribution is 2.33. The molecule has 3 heteroatoms. The number of rotatable bonds is 4. The number of carbonyl (C=O) groups is 1. The average molecular weight is 201 g/mol. The summed E-state index contributed by atoms with van der Waals surface area (Å²) < 4.78 is 0. The van der Waals surface area contributed by atoms with Crippen molar-refractivity contribution in [2.45, 2.75) is 46.1 Å². The smallest absolute Gasteiger partial charge is 0.228 e. The number of nitrogens with zero attached hydrogens (tertiary/aromatic N) is 1. The first kappa shape index (κ1) is 13.4. The highest BCUT2D eigenvalue weighted by molar-refractivity contribution is 5.81. The second-order valence-electron chi connectivity index (χ2n) is 5.10. The Labute approximate surface area is 87.1 Å². The molecule has 0 aliphatic heterocycles. The lowest BCUT2D eigenvalue weighted by Gasteiger charge is -2.34. The lowest BCUT2D eigenvalue weighted by atomic mass is 9.77. The maximum atomic E-state index is 11.9. The van der Waals surface area contributed by atoms with E-state index in [1.54, 1.807) is 32.8 Å². The molecular formula is C11H23NO2. The van der Waals surface area contributed by atoms with E-state index in [-0.39, 0.29) is 5.91 Å². The third kappa shape index (κ3) is 3.66. The number of aliphatic hydroxyl groups is 1. The summed E-state index contributed by atoms with van der Waals surface area (Å²) in [5, 5.41) is 9.74. The minimum atomic E-state index is -0.795. The van der Waals surface area contributed by atoms with Gasteiger partial charge in [0.05, 0.1) is 5.60 Å². The van der Waals surface area contributed by atoms with Gasteiger partial charge in [-0.05, 0) is 26.7 Å². The first-order valence-corrected chi connectivity index (χ1v) is 5.06. The lowest BCUT2D eigenvalue weighted by molar-refractivity contribution is -0.142. The summed E-state index contributed by atoms with van der Waals surface area (Å²) in [5.41, 5.74) is -1.25. The maximum Gasteiger partial charge on any atom is 0.228 e. The molecule has 14 heavy (non-hydrogen) atoms. The molecule has 0 heterocycles. The molecule has 0 saturated carbocycles. The Morgan fingerprint density at radius 1 is 1.29 bits per heavy atom. The molecule has 0 aromatic rings. The van der Waals surface area contributed by atoms with Crippen LogP contribution in [0.25, 0.3) is 0 Å². The van der Waals surface area contributed by atoms with Gasteiger partial charge in [-0.2, -0.15) is 0 Å². The minimum Gasteiger partial charge on any atom is -0.390 e. The molecule has 3 nitrogen and oxygen atoms in total. The lowest BCUT2D eigenvalue weighted by Crippen LogP contribution is -2.42. The fourth-order valence-corrected chi connectivity index (χ4v) is 1.85. The predicted octanol–water partition coefficient (Wildman–Crippen LogP) is 1.65. The molecule has 1 unspecified atom stereocenters. The number of hydrogen-bond donors (Lipinski definition) is 1. The Morgan fingerprint density at radius 2 is 1.71 bits per heavy atom. The van der Waals surface area contributed by atoms with E-state index in [1.165, 1.54) is 0 Å². The summed E-state index contributed by atoms with van der Waals surface area (Å²) >= 11 is 0. The van der Waals surface area contributed by atoms with Gasteiger partial charge in [0.2, 0.25) is 5.91 Å². The first-order chi connectivity index (χ1) is 6.12. The van der Waals surface area contributed by atoms with Crippen LogP contribution < -0.4 is 0 Å². The Kier molecular flexibility index (Phi) is 4.13. The van der Waals surface area contributed by atoms with E-state index in [4.69, 9.17) is 0 Å². The summed E-state index contributed by atoms with van der Waals surface area (Å²) in [6.45, 7) is 7.37. The third-order valence-corrected chi connectivity index (χ3v) is 2.53. The van der Waals surface area contributed by atoms with Crippen LogP contribution in [0.4, 0.5) is 0 Å². The van der Waals surface area contributed by atoms with Crippen molar-refractivity contribution in [2.24, 2.45) is 5.41 Å². The topological polar surface area (TPSA) is 40.5 Å². The fourth-order valence-electron chi connectivity index (χ4n) is 1.85. The van der Waals surface area contributed by atoms with Crippen molar-refractivity contribution in [1.29, 1.82) is 0 Å². The van der Waals surface area contributed by atoms with Gasteiger partial charge in [-0.25, -0.2) is 0 Å². The van der Waals surface area contributed by atoms with Gasteiger partial charge in [-0.15, -0.1) is 0 Å². The molecule has 84 valence electrons. The monoisotopic (exact) mass is 201 g/mol. The van der Waals surface area contributed by atoms with Gasteiger partial charge in [-0.1, -0.05) is 13.8 Å². The van der Waals surface area contributed by atoms with Crippen molar-refractivity contribution in [1.82, 2.24) is 4.90 Å². The second kappa shape index (κ2) is 4.30. The second-order valence-corrected chi connectivity index (χ2v) is 5.10. The zero-order valence-electron chi connectivity index (χ0n) is 10.2. The Balaban J connectivity index is 4.72. The van der Waals surface area contributed by atoms with Crippen molar-refractivity contribution in [3.63, 3.8) is 0 Å². The van der Waals surface area contributed by atoms with Gasteiger partial charge in [-0.3, -0.25) is 4.79 Å². The minimum absolute atomic E-state index is 0.0853. The Hall–Kier alpha value is -0.570. The van der Waals surface area contributed by atoms with Gasteiger partial charge in [0, 0.05) is 19.5 Å². The molecule has 0 aromatic carbocycles. The molecule has 0 fully saturated rings. The Bertz CT molecular complexity index is 206. The molecule has 1 atom stereocenters. The van der Waals surface area contributed by atoms with Gasteiger partial charge in [0.25, 0.3) is 0 Å². The molecule has 0 aromatic heterocycles. The van der Waals surface area contributed by atoms with Crippen molar-refractivity contribution in [3.8, 4) is 0 Å². The molecule has 0 saturated heterocycles. The van der Waals surface area contributed by atoms with Crippen LogP contribution in [0.5, 0.6) is 0 Å². The highest BCUT2D eigenvalue weighted by atomic mass is 16.3. The quantitative estimate of drug-likeness (QED) is 0.751. The summed E-state index contributed by atoms with van der Waals surface area (Å²) in [7, 11) is 3.50. The molecule has 0 spiro atoms. The van der Waals surface area contributed by atoms with Crippen LogP contribution in [0.15, 0.2) is 0 Å². The zero-order valence-corrected chi connectivity index (χ0v) is 10.2. The van der Waals surface area contributed by atoms with Gasteiger partial charge in [0.15, 0.2) is 0 Å². The van der Waals surface area contributed by atoms with Crippen LogP contribution in [-0.2, 0) is 4.79 Å². The van der Waals surface area contributed by atoms with E-state index in [1.807, 2.05) is 13.8 Å². The van der Waals surface area contributed by atoms with Crippen molar-refractivity contribution in [2.75, 3.05) is 14.1 Å². The molecule has 0 radical (unpaired) electrons. The maximum absolute atomic E-state index is 11.9. The van der Waals surface area contributed by atoms with Gasteiger partial charge >= 0.3 is 0 Å². The van der Waals surface area contributed by atoms with E-state index in [0.29, 0.717) is 6.42 Å². The first-order valence-electron chi connectivity index (χ1n) is 5.06. The number of carbonyl (C=O) groups excluding carboxylic acids is 1. The molecule has 1 N–H and O–H groups in total. The van der Waals surface area contributed by atoms with E-state index in [9.17, 15) is 9.90 Å². The van der Waals surface area contributed by atoms with E-state index in [0.717, 1.165) is 6.42 Å². The van der Waals surface area contributed by atoms with Gasteiger partial charge in [0.1, 0.15) is 0 Å². The molecule has 0 aliphatic rings. The number of amides is 1. The van der Waals surface area contributed by atoms with E-state index >= 15 is 0 Å². The van der Waals surface area contributed by atoms with Crippen LogP contribution in [-0.4, -0.2) is 35.6 Å². The van der Waals surface area contributed by atoms with Gasteiger partial charge < -0.3 is 10.0 Å². The molecule has 0 rings (SSSR count). The van der Waals surface area contributed by atoms with Crippen molar-refractivity contribution >= 4 is 5.91 Å². The van der Waals surface area contributed by atoms with Crippen molar-refractivity contribution < 1.29 is 9.90 Å². The third-order valence-electron chi connectivity index (χ3n) is 2.53. The van der Waals surface area contributed by atoms with Crippen LogP contribution in [0.2, 0.25) is 0 Å². The standard InChI is InChI=1S/C11H23NO2/c1-7-11(4,8-10(2,3)14)9(13)12(5)6/h14H,7-8H2,1-6H3. The molecule has 1 amide bonds. The largest absolute Gasteiger partial charge is 0.390 e. The highest BCUT2D eigenvalue weighted by Gasteiger charge is 2.37. The predicted molar refractivity (Wildman–Crippen MR) is 58.0 cm³/mol. The average Bonchev–Trinajstić information content (AvgIpc) is 1.99. The molecular weight excluding hydrogens is 178 g/mol. The summed E-state index contributed by atoms with van der Waals surface area (Å²) in [4.78, 5) is 13.5. The van der Waals surface area contributed by atoms with Crippen LogP contribution in [0.1, 0.15) is 40.5 Å². The number of hydrogen-bond acceptors (Lipinski definition) is 2. The zero-order chi connectivity index (χ0) is 11.6. The summed E-state index contributed by atoms with van der Waals surface area (Å²) in [5.74, 6) is 0.0853. The molecule has 0 bridgehead atoms. The summed E-state index contributed by atoms with van der Waals surface area (Å²) in [6, 6.07) is 0. The van der Waals surface area contributed by atoms with Crippen LogP contribution in [0, 0.1) is 5.41 Å². The van der Waals surface area contributed by atoms with E-state index in [2.05, 4.69) is 0 Å². The SMILES string of the molecule is CCC(C)(CC(C)(C)O)C(=O)N(C)C. The summed E-state index contributed by atoms with van der Waals surface area (Å²) in [6.07, 6.45) is 1.24. The Morgan fingerprint density at radius 3 is 1.93 bits per heavy atom. The van der Waals surface area contributed by atoms with Crippen LogP contribution in [0.3, 0.4) is 0 Å².